The van der Waals surface area contributed by atoms with Crippen LogP contribution in [0.15, 0.2) is 24.3 Å². The van der Waals surface area contributed by atoms with Crippen LogP contribution in [0.5, 0.6) is 0 Å². The molecule has 0 saturated carbocycles. The number of carbonyl (C=O) groups is 1. The maximum Gasteiger partial charge on any atom is 0.241 e. The quantitative estimate of drug-likeness (QED) is 0.824. The molecule has 1 aromatic carbocycles. The van der Waals surface area contributed by atoms with Crippen molar-refractivity contribution in [3.05, 3.63) is 29.8 Å². The molecule has 20 heavy (non-hydrogen) atoms. The number of rotatable bonds is 7. The van der Waals surface area contributed by atoms with Gasteiger partial charge in [0.05, 0.1) is 13.2 Å². The molecule has 0 spiro atoms. The van der Waals surface area contributed by atoms with Gasteiger partial charge in [0.25, 0.3) is 0 Å². The second-order valence-corrected chi connectivity index (χ2v) is 5.28. The first-order valence-electron chi connectivity index (χ1n) is 7.47. The second-order valence-electron chi connectivity index (χ2n) is 5.28. The Hall–Kier alpha value is -1.39. The Morgan fingerprint density at radius 1 is 1.35 bits per heavy atom. The topological polar surface area (TPSA) is 43.8 Å². The lowest BCUT2D eigenvalue weighted by Crippen LogP contribution is -2.41. The van der Waals surface area contributed by atoms with Gasteiger partial charge in [0.15, 0.2) is 0 Å². The highest BCUT2D eigenvalue weighted by Gasteiger charge is 2.25. The summed E-state index contributed by atoms with van der Waals surface area (Å²) in [5, 5.41) is 9.11. The van der Waals surface area contributed by atoms with Crippen LogP contribution in [-0.2, 0) is 11.2 Å². The Bertz CT molecular complexity index is 448. The van der Waals surface area contributed by atoms with Crippen molar-refractivity contribution >= 4 is 11.6 Å². The maximum atomic E-state index is 12.5. The predicted octanol–water partition coefficient (Wildman–Crippen LogP) is 1.67. The Labute approximate surface area is 121 Å². The summed E-state index contributed by atoms with van der Waals surface area (Å²) in [5.41, 5.74) is 2.31. The highest BCUT2D eigenvalue weighted by Crippen LogP contribution is 2.27. The van der Waals surface area contributed by atoms with Crippen molar-refractivity contribution in [1.82, 2.24) is 4.90 Å². The van der Waals surface area contributed by atoms with Crippen molar-refractivity contribution in [1.29, 1.82) is 0 Å². The Balaban J connectivity index is 1.97. The average molecular weight is 276 g/mol. The highest BCUT2D eigenvalue weighted by atomic mass is 16.3. The molecule has 1 aliphatic rings. The first kappa shape index (κ1) is 15.0. The molecule has 1 amide bonds. The molecule has 0 saturated heterocycles. The molecule has 1 heterocycles. The summed E-state index contributed by atoms with van der Waals surface area (Å²) in [7, 11) is 0. The molecule has 2 rings (SSSR count). The van der Waals surface area contributed by atoms with E-state index in [1.54, 1.807) is 0 Å². The number of fused-ring (bicyclic) bond motifs is 1. The van der Waals surface area contributed by atoms with Crippen LogP contribution < -0.4 is 4.90 Å². The van der Waals surface area contributed by atoms with E-state index in [0.29, 0.717) is 13.1 Å². The monoisotopic (exact) mass is 276 g/mol. The smallest absolute Gasteiger partial charge is 0.241 e. The molecule has 1 N–H and O–H groups in total. The van der Waals surface area contributed by atoms with Crippen molar-refractivity contribution in [2.75, 3.05) is 37.7 Å². The van der Waals surface area contributed by atoms with Crippen LogP contribution in [0.25, 0.3) is 0 Å². The van der Waals surface area contributed by atoms with Gasteiger partial charge >= 0.3 is 0 Å². The highest BCUT2D eigenvalue weighted by molar-refractivity contribution is 5.96. The molecule has 0 radical (unpaired) electrons. The fourth-order valence-electron chi connectivity index (χ4n) is 2.67. The van der Waals surface area contributed by atoms with Gasteiger partial charge in [-0.15, -0.1) is 0 Å². The van der Waals surface area contributed by atoms with Gasteiger partial charge in [-0.2, -0.15) is 0 Å². The molecule has 1 aliphatic heterocycles. The zero-order valence-corrected chi connectivity index (χ0v) is 12.2. The van der Waals surface area contributed by atoms with E-state index in [1.165, 1.54) is 5.56 Å². The van der Waals surface area contributed by atoms with E-state index in [2.05, 4.69) is 13.0 Å². The summed E-state index contributed by atoms with van der Waals surface area (Å²) >= 11 is 0. The van der Waals surface area contributed by atoms with E-state index in [4.69, 9.17) is 5.11 Å². The molecule has 0 atom stereocenters. The van der Waals surface area contributed by atoms with Crippen LogP contribution in [0.4, 0.5) is 5.69 Å². The van der Waals surface area contributed by atoms with Gasteiger partial charge in [-0.05, 0) is 31.0 Å². The van der Waals surface area contributed by atoms with Crippen LogP contribution in [-0.4, -0.2) is 48.7 Å². The minimum Gasteiger partial charge on any atom is -0.395 e. The van der Waals surface area contributed by atoms with Crippen LogP contribution in [0.3, 0.4) is 0 Å². The van der Waals surface area contributed by atoms with Gasteiger partial charge in [0.2, 0.25) is 5.91 Å². The number of amides is 1. The van der Waals surface area contributed by atoms with Gasteiger partial charge < -0.3 is 10.0 Å². The van der Waals surface area contributed by atoms with Crippen LogP contribution >= 0.6 is 0 Å². The lowest BCUT2D eigenvalue weighted by molar-refractivity contribution is -0.119. The number of unbranched alkanes of at least 4 members (excludes halogenated alkanes) is 1. The van der Waals surface area contributed by atoms with E-state index in [1.807, 2.05) is 28.0 Å². The van der Waals surface area contributed by atoms with E-state index in [-0.39, 0.29) is 12.5 Å². The Kier molecular flexibility index (Phi) is 5.56. The summed E-state index contributed by atoms with van der Waals surface area (Å²) in [6.07, 6.45) is 3.10. The van der Waals surface area contributed by atoms with E-state index in [0.717, 1.165) is 38.0 Å². The van der Waals surface area contributed by atoms with E-state index < -0.39 is 0 Å². The molecule has 0 aromatic heterocycles. The second kappa shape index (κ2) is 7.41. The molecule has 4 heteroatoms. The minimum atomic E-state index is 0.105. The first-order valence-corrected chi connectivity index (χ1v) is 7.47. The molecule has 0 aliphatic carbocycles. The van der Waals surface area contributed by atoms with Crippen molar-refractivity contribution in [3.8, 4) is 0 Å². The fraction of sp³-hybridized carbons (Fsp3) is 0.562. The number of aliphatic hydroxyl groups is 1. The average Bonchev–Trinajstić information content (AvgIpc) is 2.89. The third-order valence-electron chi connectivity index (χ3n) is 3.79. The molecular formula is C16H24N2O2. The summed E-state index contributed by atoms with van der Waals surface area (Å²) in [5.74, 6) is 0.138. The third-order valence-corrected chi connectivity index (χ3v) is 3.79. The molecular weight excluding hydrogens is 252 g/mol. The molecule has 1 aromatic rings. The Morgan fingerprint density at radius 3 is 2.90 bits per heavy atom. The zero-order valence-electron chi connectivity index (χ0n) is 12.2. The minimum absolute atomic E-state index is 0.105. The van der Waals surface area contributed by atoms with E-state index in [9.17, 15) is 4.79 Å². The number of para-hydroxylation sites is 1. The number of benzene rings is 1. The number of hydrogen-bond acceptors (Lipinski definition) is 3. The number of anilines is 1. The largest absolute Gasteiger partial charge is 0.395 e. The molecule has 0 bridgehead atoms. The van der Waals surface area contributed by atoms with Crippen LogP contribution in [0.2, 0.25) is 0 Å². The van der Waals surface area contributed by atoms with Crippen molar-refractivity contribution < 1.29 is 9.90 Å². The molecule has 0 unspecified atom stereocenters. The van der Waals surface area contributed by atoms with Crippen molar-refractivity contribution in [3.63, 3.8) is 0 Å². The third kappa shape index (κ3) is 3.58. The zero-order chi connectivity index (χ0) is 14.4. The number of aliphatic hydroxyl groups excluding tert-OH is 1. The number of hydrogen-bond donors (Lipinski definition) is 1. The summed E-state index contributed by atoms with van der Waals surface area (Å²) in [4.78, 5) is 16.4. The number of nitrogens with zero attached hydrogens (tertiary/aromatic N) is 2. The molecule has 4 nitrogen and oxygen atoms in total. The van der Waals surface area contributed by atoms with E-state index >= 15 is 0 Å². The molecule has 110 valence electrons. The standard InChI is InChI=1S/C16H24N2O2/c1-2-3-9-17(11-12-19)13-16(20)18-10-8-14-6-4-5-7-15(14)18/h4-7,19H,2-3,8-13H2,1H3. The fourth-order valence-corrected chi connectivity index (χ4v) is 2.67. The summed E-state index contributed by atoms with van der Waals surface area (Å²) in [6.45, 7) is 4.86. The van der Waals surface area contributed by atoms with Gasteiger partial charge in [0.1, 0.15) is 0 Å². The Morgan fingerprint density at radius 2 is 2.15 bits per heavy atom. The molecule has 0 fully saturated rings. The normalized spacial score (nSPS) is 13.8. The van der Waals surface area contributed by atoms with Crippen molar-refractivity contribution in [2.24, 2.45) is 0 Å². The summed E-state index contributed by atoms with van der Waals surface area (Å²) in [6, 6.07) is 8.10. The SMILES string of the molecule is CCCCN(CCO)CC(=O)N1CCc2ccccc21. The van der Waals surface area contributed by atoms with Gasteiger partial charge in [-0.25, -0.2) is 0 Å². The van der Waals surface area contributed by atoms with Crippen LogP contribution in [0, 0.1) is 0 Å². The first-order chi connectivity index (χ1) is 9.76. The number of carbonyl (C=O) groups excluding carboxylic acids is 1. The van der Waals surface area contributed by atoms with Gasteiger partial charge in [-0.1, -0.05) is 31.5 Å². The lowest BCUT2D eigenvalue weighted by atomic mass is 10.2. The summed E-state index contributed by atoms with van der Waals surface area (Å²) < 4.78 is 0. The lowest BCUT2D eigenvalue weighted by Gasteiger charge is -2.24. The predicted molar refractivity (Wildman–Crippen MR) is 80.9 cm³/mol. The van der Waals surface area contributed by atoms with Gasteiger partial charge in [-0.3, -0.25) is 9.69 Å². The maximum absolute atomic E-state index is 12.5. The van der Waals surface area contributed by atoms with Crippen molar-refractivity contribution in [2.45, 2.75) is 26.2 Å². The van der Waals surface area contributed by atoms with Gasteiger partial charge in [0, 0.05) is 18.8 Å². The van der Waals surface area contributed by atoms with Crippen LogP contribution in [0.1, 0.15) is 25.3 Å².